The van der Waals surface area contributed by atoms with E-state index < -0.39 is 14.9 Å². The van der Waals surface area contributed by atoms with E-state index in [1.165, 1.54) is 23.1 Å². The lowest BCUT2D eigenvalue weighted by Gasteiger charge is -2.13. The van der Waals surface area contributed by atoms with E-state index in [2.05, 4.69) is 24.4 Å². The Balaban J connectivity index is 1.89. The summed E-state index contributed by atoms with van der Waals surface area (Å²) >= 11 is 1.80. The van der Waals surface area contributed by atoms with E-state index in [4.69, 9.17) is 5.14 Å². The van der Waals surface area contributed by atoms with Crippen LogP contribution >= 0.6 is 11.8 Å². The van der Waals surface area contributed by atoms with E-state index in [1.54, 1.807) is 11.8 Å². The van der Waals surface area contributed by atoms with Gasteiger partial charge in [0, 0.05) is 22.8 Å². The van der Waals surface area contributed by atoms with Crippen molar-refractivity contribution < 1.29 is 13.3 Å². The van der Waals surface area contributed by atoms with Gasteiger partial charge in [-0.05, 0) is 31.0 Å². The van der Waals surface area contributed by atoms with Crippen LogP contribution in [0, 0.1) is 10.1 Å². The molecule has 0 radical (unpaired) electrons. The second-order valence-corrected chi connectivity index (χ2v) is 9.16. The third-order valence-electron chi connectivity index (χ3n) is 3.93. The highest BCUT2D eigenvalue weighted by Gasteiger charge is 2.23. The molecule has 27 heavy (non-hydrogen) atoms. The number of nitrogens with one attached hydrogen (secondary N) is 1. The lowest BCUT2D eigenvalue weighted by atomic mass is 10.2. The quantitative estimate of drug-likeness (QED) is 0.265. The molecule has 0 spiro atoms. The maximum atomic E-state index is 11.7. The van der Waals surface area contributed by atoms with Crippen LogP contribution in [0.2, 0.25) is 0 Å². The summed E-state index contributed by atoms with van der Waals surface area (Å²) in [5.74, 6) is 0. The minimum Gasteiger partial charge on any atom is -0.378 e. The molecule has 1 unspecified atom stereocenters. The van der Waals surface area contributed by atoms with Gasteiger partial charge in [0.1, 0.15) is 10.6 Å². The summed E-state index contributed by atoms with van der Waals surface area (Å²) in [6.07, 6.45) is 2.66. The smallest absolute Gasteiger partial charge is 0.293 e. The van der Waals surface area contributed by atoms with Gasteiger partial charge in [0.05, 0.1) is 4.92 Å². The Bertz CT molecular complexity index is 873. The van der Waals surface area contributed by atoms with Crippen LogP contribution in [0.5, 0.6) is 0 Å². The summed E-state index contributed by atoms with van der Waals surface area (Å²) in [5, 5.41) is 19.7. The van der Waals surface area contributed by atoms with E-state index in [0.717, 1.165) is 19.3 Å². The Morgan fingerprint density at radius 1 is 1.15 bits per heavy atom. The van der Waals surface area contributed by atoms with E-state index >= 15 is 0 Å². The largest absolute Gasteiger partial charge is 0.378 e. The number of thioether (sulfide) groups is 1. The molecule has 0 aliphatic heterocycles. The number of rotatable bonds is 10. The van der Waals surface area contributed by atoms with Crippen LogP contribution in [-0.2, 0) is 10.0 Å². The molecule has 3 N–H and O–H groups in total. The summed E-state index contributed by atoms with van der Waals surface area (Å²) in [7, 11) is -4.05. The van der Waals surface area contributed by atoms with E-state index in [9.17, 15) is 18.5 Å². The number of hydrogen-bond donors (Lipinski definition) is 2. The highest BCUT2D eigenvalue weighted by atomic mass is 32.2. The molecule has 0 bridgehead atoms. The van der Waals surface area contributed by atoms with Gasteiger partial charge in [0.15, 0.2) is 0 Å². The fourth-order valence-electron chi connectivity index (χ4n) is 2.65. The lowest BCUT2D eigenvalue weighted by molar-refractivity contribution is -0.384. The molecule has 2 rings (SSSR count). The molecule has 146 valence electrons. The first-order chi connectivity index (χ1) is 12.8. The molecule has 0 fully saturated rings. The van der Waals surface area contributed by atoms with Crippen molar-refractivity contribution in [2.45, 2.75) is 41.2 Å². The fourth-order valence-corrected chi connectivity index (χ4v) is 4.44. The van der Waals surface area contributed by atoms with Gasteiger partial charge in [-0.3, -0.25) is 10.1 Å². The topological polar surface area (TPSA) is 115 Å². The number of anilines is 1. The third kappa shape index (κ3) is 6.53. The Kier molecular flexibility index (Phi) is 7.64. The lowest BCUT2D eigenvalue weighted by Crippen LogP contribution is -2.16. The Labute approximate surface area is 163 Å². The second-order valence-electron chi connectivity index (χ2n) is 6.12. The number of primary sulfonamides is 1. The van der Waals surface area contributed by atoms with Crippen LogP contribution < -0.4 is 10.5 Å². The van der Waals surface area contributed by atoms with Crippen molar-refractivity contribution in [1.29, 1.82) is 0 Å². The molecule has 0 saturated heterocycles. The average Bonchev–Trinajstić information content (AvgIpc) is 2.61. The highest BCUT2D eigenvalue weighted by molar-refractivity contribution is 7.99. The molecule has 7 nitrogen and oxygen atoms in total. The molecule has 0 aliphatic carbocycles. The van der Waals surface area contributed by atoms with Crippen LogP contribution in [0.1, 0.15) is 26.2 Å². The number of nitrogens with zero attached hydrogens (tertiary/aromatic N) is 1. The fraction of sp³-hybridized carbons (Fsp3) is 0.333. The molecule has 0 saturated carbocycles. The molecule has 0 aromatic heterocycles. The number of unbranched alkanes of at least 4 members (excludes halogenated alkanes) is 1. The number of benzene rings is 2. The summed E-state index contributed by atoms with van der Waals surface area (Å²) < 4.78 is 23.4. The predicted octanol–water partition coefficient (Wildman–Crippen LogP) is 4.01. The van der Waals surface area contributed by atoms with E-state index in [1.807, 2.05) is 18.2 Å². The molecule has 0 heterocycles. The van der Waals surface area contributed by atoms with E-state index in [-0.39, 0.29) is 16.3 Å². The number of hydrogen-bond acceptors (Lipinski definition) is 6. The summed E-state index contributed by atoms with van der Waals surface area (Å²) in [4.78, 5) is 11.5. The zero-order valence-corrected chi connectivity index (χ0v) is 16.6. The van der Waals surface area contributed by atoms with Gasteiger partial charge in [-0.1, -0.05) is 37.6 Å². The van der Waals surface area contributed by atoms with Crippen LogP contribution in [0.4, 0.5) is 11.4 Å². The number of nitrogens with two attached hydrogens (primary N) is 1. The molecule has 0 amide bonds. The minimum absolute atomic E-state index is 0.0447. The second kappa shape index (κ2) is 9.72. The Hall–Kier alpha value is -2.10. The van der Waals surface area contributed by atoms with Gasteiger partial charge < -0.3 is 5.32 Å². The van der Waals surface area contributed by atoms with Crippen molar-refractivity contribution in [3.63, 3.8) is 0 Å². The summed E-state index contributed by atoms with van der Waals surface area (Å²) in [6.45, 7) is 2.59. The highest BCUT2D eigenvalue weighted by Crippen LogP contribution is 2.31. The number of nitro benzene ring substituents is 1. The van der Waals surface area contributed by atoms with Gasteiger partial charge in [-0.15, -0.1) is 11.8 Å². The molecular formula is C18H23N3O4S2. The molecule has 0 aliphatic rings. The van der Waals surface area contributed by atoms with Crippen LogP contribution in [-0.4, -0.2) is 25.1 Å². The molecule has 2 aromatic carbocycles. The maximum absolute atomic E-state index is 11.7. The van der Waals surface area contributed by atoms with Crippen molar-refractivity contribution in [2.24, 2.45) is 5.14 Å². The van der Waals surface area contributed by atoms with Gasteiger partial charge in [0.2, 0.25) is 10.0 Å². The third-order valence-corrected chi connectivity index (χ3v) is 6.06. The first kappa shape index (κ1) is 21.2. The molecule has 9 heteroatoms. The van der Waals surface area contributed by atoms with Crippen molar-refractivity contribution in [1.82, 2.24) is 0 Å². The Morgan fingerprint density at radius 2 is 1.85 bits per heavy atom. The normalized spacial score (nSPS) is 12.5. The summed E-state index contributed by atoms with van der Waals surface area (Å²) in [5.41, 5.74) is -0.341. The zero-order chi connectivity index (χ0) is 19.9. The summed E-state index contributed by atoms with van der Waals surface area (Å²) in [6, 6.07) is 14.0. The van der Waals surface area contributed by atoms with Crippen molar-refractivity contribution in [3.05, 3.63) is 58.6 Å². The monoisotopic (exact) mass is 409 g/mol. The van der Waals surface area contributed by atoms with Crippen LogP contribution in [0.25, 0.3) is 0 Å². The van der Waals surface area contributed by atoms with Crippen molar-refractivity contribution >= 4 is 33.2 Å². The number of nitro groups is 1. The number of sulfonamides is 1. The van der Waals surface area contributed by atoms with Crippen LogP contribution in [0.15, 0.2) is 58.3 Å². The Morgan fingerprint density at radius 3 is 2.48 bits per heavy atom. The molecule has 1 atom stereocenters. The van der Waals surface area contributed by atoms with Gasteiger partial charge in [0.25, 0.3) is 5.69 Å². The predicted molar refractivity (Wildman–Crippen MR) is 109 cm³/mol. The zero-order valence-electron chi connectivity index (χ0n) is 15.0. The number of para-hydroxylation sites is 1. The first-order valence-corrected chi connectivity index (χ1v) is 11.0. The van der Waals surface area contributed by atoms with Crippen LogP contribution in [0.3, 0.4) is 0 Å². The van der Waals surface area contributed by atoms with Crippen molar-refractivity contribution in [3.8, 4) is 0 Å². The van der Waals surface area contributed by atoms with Gasteiger partial charge >= 0.3 is 0 Å². The van der Waals surface area contributed by atoms with Gasteiger partial charge in [-0.25, -0.2) is 13.6 Å². The molecular weight excluding hydrogens is 386 g/mol. The SMILES string of the molecule is CC(CCCCNc1c([N+](=O)[O-])cccc1S(N)(=O)=O)Sc1ccccc1. The van der Waals surface area contributed by atoms with Crippen molar-refractivity contribution in [2.75, 3.05) is 11.9 Å². The van der Waals surface area contributed by atoms with E-state index in [0.29, 0.717) is 11.8 Å². The standard InChI is InChI=1S/C18H23N3O4S2/c1-14(26-15-9-3-2-4-10-15)8-5-6-13-20-18-16(21(22)23)11-7-12-17(18)27(19,24)25/h2-4,7,9-12,14,20H,5-6,8,13H2,1H3,(H2,19,24,25). The first-order valence-electron chi connectivity index (χ1n) is 8.55. The molecule has 2 aromatic rings. The minimum atomic E-state index is -4.05. The average molecular weight is 410 g/mol. The van der Waals surface area contributed by atoms with Gasteiger partial charge in [-0.2, -0.15) is 0 Å². The maximum Gasteiger partial charge on any atom is 0.293 e.